The summed E-state index contributed by atoms with van der Waals surface area (Å²) >= 11 is 0. The fourth-order valence-electron chi connectivity index (χ4n) is 6.80. The number of rotatable bonds is 5. The highest BCUT2D eigenvalue weighted by molar-refractivity contribution is 7.89. The number of likely N-dealkylation sites (tertiary alicyclic amines) is 1. The highest BCUT2D eigenvalue weighted by Crippen LogP contribution is 2.30. The Bertz CT molecular complexity index is 1630. The first-order valence-electron chi connectivity index (χ1n) is 15.7. The van der Waals surface area contributed by atoms with Crippen LogP contribution in [0.4, 0.5) is 17.6 Å². The average Bonchev–Trinajstić information content (AvgIpc) is 3.55. The Balaban J connectivity index is 1.28. The number of amides is 2. The minimum absolute atomic E-state index is 0.0157. The standard InChI is InChI=1S/C31H36F4N4O9S/c32-19-2-1-3-23(10-19)49(44,45)39-16-22-15-37(8-9-46-22)30(43)24-11-20(36-27(40)12-25-28(41)29(42)26(17-39)47-25)14-38(24)13-18-4-6-21(7-5-18)48-31(33,34)35/h1-7,10,20,22,24-26,28-29,41-42H,8-9,11-17H2,(H,36,40)/t20-,22-,24-,25-,26+,28-,29+/m0/s1. The van der Waals surface area contributed by atoms with Gasteiger partial charge in [-0.25, -0.2) is 12.8 Å². The van der Waals surface area contributed by atoms with Gasteiger partial charge in [-0.1, -0.05) is 18.2 Å². The molecule has 4 heterocycles. The van der Waals surface area contributed by atoms with E-state index in [1.54, 1.807) is 4.90 Å². The average molecular weight is 717 g/mol. The van der Waals surface area contributed by atoms with Crippen molar-refractivity contribution in [3.8, 4) is 5.75 Å². The van der Waals surface area contributed by atoms with E-state index in [9.17, 15) is 45.8 Å². The molecule has 6 bridgehead atoms. The Morgan fingerprint density at radius 1 is 0.980 bits per heavy atom. The summed E-state index contributed by atoms with van der Waals surface area (Å²) in [7, 11) is -4.42. The van der Waals surface area contributed by atoms with Gasteiger partial charge in [0.2, 0.25) is 21.8 Å². The number of nitrogens with one attached hydrogen (secondary N) is 1. The van der Waals surface area contributed by atoms with Gasteiger partial charge in [0, 0.05) is 45.3 Å². The van der Waals surface area contributed by atoms with Crippen molar-refractivity contribution in [3.05, 3.63) is 59.9 Å². The Morgan fingerprint density at radius 2 is 1.71 bits per heavy atom. The van der Waals surface area contributed by atoms with Crippen molar-refractivity contribution < 1.29 is 60.0 Å². The van der Waals surface area contributed by atoms with E-state index in [2.05, 4.69) is 10.1 Å². The van der Waals surface area contributed by atoms with Crippen LogP contribution in [0, 0.1) is 5.82 Å². The summed E-state index contributed by atoms with van der Waals surface area (Å²) in [6.45, 7) is -0.153. The molecule has 7 atom stereocenters. The SMILES string of the molecule is O=C1C[C@@H]2O[C@H](CN(S(=O)(=O)c3cccc(F)c3)C[C@@H]3CN(CCO3)C(=O)[C@@H]3C[C@@H](CN3Cc3ccc(OC(F)(F)F)cc3)N1)[C@@H](O)[C@H]2O. The smallest absolute Gasteiger partial charge is 0.406 e. The Hall–Kier alpha value is -3.39. The van der Waals surface area contributed by atoms with E-state index in [0.717, 1.165) is 16.4 Å². The molecule has 13 nitrogen and oxygen atoms in total. The molecule has 0 aromatic heterocycles. The Morgan fingerprint density at radius 3 is 2.43 bits per heavy atom. The number of morpholine rings is 1. The van der Waals surface area contributed by atoms with Crippen LogP contribution in [0.1, 0.15) is 18.4 Å². The van der Waals surface area contributed by atoms with Crippen molar-refractivity contribution >= 4 is 21.8 Å². The van der Waals surface area contributed by atoms with Gasteiger partial charge >= 0.3 is 6.36 Å². The molecule has 49 heavy (non-hydrogen) atoms. The lowest BCUT2D eigenvalue weighted by molar-refractivity contribution is -0.274. The number of alkyl halides is 3. The van der Waals surface area contributed by atoms with Gasteiger partial charge in [0.15, 0.2) is 0 Å². The van der Waals surface area contributed by atoms with Crippen LogP contribution in [-0.4, -0.2) is 133 Å². The van der Waals surface area contributed by atoms with Crippen molar-refractivity contribution in [1.82, 2.24) is 19.4 Å². The van der Waals surface area contributed by atoms with Gasteiger partial charge in [0.05, 0.1) is 36.2 Å². The highest BCUT2D eigenvalue weighted by Gasteiger charge is 2.47. The van der Waals surface area contributed by atoms with Crippen molar-refractivity contribution in [2.24, 2.45) is 0 Å². The van der Waals surface area contributed by atoms with Gasteiger partial charge in [-0.2, -0.15) is 4.31 Å². The van der Waals surface area contributed by atoms with E-state index < -0.39 is 83.0 Å². The number of carbonyl (C=O) groups excluding carboxylic acids is 2. The summed E-state index contributed by atoms with van der Waals surface area (Å²) in [5, 5.41) is 24.5. The number of ether oxygens (including phenoxy) is 3. The third-order valence-electron chi connectivity index (χ3n) is 9.12. The summed E-state index contributed by atoms with van der Waals surface area (Å²) in [5.74, 6) is -2.02. The number of hydrogen-bond acceptors (Lipinski definition) is 10. The summed E-state index contributed by atoms with van der Waals surface area (Å²) < 4.78 is 96.4. The number of carbonyl (C=O) groups is 2. The van der Waals surface area contributed by atoms with Crippen LogP contribution < -0.4 is 10.1 Å². The number of fused-ring (bicyclic) bond motifs is 6. The molecule has 0 unspecified atom stereocenters. The van der Waals surface area contributed by atoms with E-state index in [4.69, 9.17) is 9.47 Å². The van der Waals surface area contributed by atoms with Crippen molar-refractivity contribution in [1.29, 1.82) is 0 Å². The van der Waals surface area contributed by atoms with Crippen LogP contribution in [0.25, 0.3) is 0 Å². The lowest BCUT2D eigenvalue weighted by Crippen LogP contribution is -2.55. The molecule has 18 heteroatoms. The van der Waals surface area contributed by atoms with Crippen molar-refractivity contribution in [3.63, 3.8) is 0 Å². The predicted molar refractivity (Wildman–Crippen MR) is 161 cm³/mol. The number of hydrogen-bond donors (Lipinski definition) is 3. The topological polar surface area (TPSA) is 158 Å². The maximum Gasteiger partial charge on any atom is 0.573 e. The molecule has 4 aliphatic heterocycles. The van der Waals surface area contributed by atoms with Crippen LogP contribution in [0.5, 0.6) is 5.75 Å². The van der Waals surface area contributed by atoms with Gasteiger partial charge in [-0.3, -0.25) is 14.5 Å². The molecule has 2 aromatic carbocycles. The third-order valence-corrected chi connectivity index (χ3v) is 10.9. The number of aliphatic hydroxyl groups is 2. The van der Waals surface area contributed by atoms with E-state index in [1.165, 1.54) is 41.3 Å². The van der Waals surface area contributed by atoms with E-state index in [1.807, 2.05) is 0 Å². The number of sulfonamides is 1. The van der Waals surface area contributed by atoms with E-state index in [0.29, 0.717) is 5.56 Å². The Kier molecular flexibility index (Phi) is 10.2. The predicted octanol–water partition coefficient (Wildman–Crippen LogP) is 0.595. The molecule has 4 saturated heterocycles. The second-order valence-corrected chi connectivity index (χ2v) is 14.5. The lowest BCUT2D eigenvalue weighted by atomic mass is 10.0. The maximum atomic E-state index is 14.1. The fraction of sp³-hybridized carbons (Fsp3) is 0.548. The molecule has 2 aromatic rings. The zero-order chi connectivity index (χ0) is 35.1. The van der Waals surface area contributed by atoms with Gasteiger partial charge in [0.25, 0.3) is 0 Å². The van der Waals surface area contributed by atoms with E-state index in [-0.39, 0.29) is 63.0 Å². The summed E-state index contributed by atoms with van der Waals surface area (Å²) in [4.78, 5) is 30.2. The molecular weight excluding hydrogens is 680 g/mol. The molecule has 4 fully saturated rings. The molecule has 6 rings (SSSR count). The lowest BCUT2D eigenvalue weighted by Gasteiger charge is -2.38. The number of aliphatic hydroxyl groups excluding tert-OH is 2. The first kappa shape index (κ1) is 35.4. The molecule has 0 aliphatic carbocycles. The van der Waals surface area contributed by atoms with Gasteiger partial charge in [-0.15, -0.1) is 13.2 Å². The quantitative estimate of drug-likeness (QED) is 0.375. The fourth-order valence-corrected chi connectivity index (χ4v) is 8.32. The van der Waals surface area contributed by atoms with Gasteiger partial charge in [0.1, 0.15) is 29.9 Å². The molecule has 3 N–H and O–H groups in total. The summed E-state index contributed by atoms with van der Waals surface area (Å²) in [6, 6.07) is 8.35. The number of nitrogens with zero attached hydrogens (tertiary/aromatic N) is 3. The molecule has 0 spiro atoms. The van der Waals surface area contributed by atoms with Crippen molar-refractivity contribution in [2.75, 3.05) is 39.3 Å². The summed E-state index contributed by atoms with van der Waals surface area (Å²) in [5.41, 5.74) is 0.589. The zero-order valence-electron chi connectivity index (χ0n) is 26.0. The van der Waals surface area contributed by atoms with Crippen LogP contribution >= 0.6 is 0 Å². The monoisotopic (exact) mass is 716 g/mol. The minimum Gasteiger partial charge on any atom is -0.406 e. The second-order valence-electron chi connectivity index (χ2n) is 12.6. The third kappa shape index (κ3) is 8.16. The Labute approximate surface area is 279 Å². The van der Waals surface area contributed by atoms with Crippen LogP contribution in [0.15, 0.2) is 53.4 Å². The van der Waals surface area contributed by atoms with Gasteiger partial charge < -0.3 is 34.6 Å². The van der Waals surface area contributed by atoms with Gasteiger partial charge in [-0.05, 0) is 42.3 Å². The number of benzene rings is 2. The zero-order valence-corrected chi connectivity index (χ0v) is 26.9. The highest BCUT2D eigenvalue weighted by atomic mass is 32.2. The molecule has 0 saturated carbocycles. The molecule has 268 valence electrons. The number of halogens is 4. The molecule has 4 aliphatic rings. The van der Waals surface area contributed by atoms with Crippen LogP contribution in [0.2, 0.25) is 0 Å². The maximum absolute atomic E-state index is 14.1. The molecule has 2 amide bonds. The molecule has 0 radical (unpaired) electrons. The van der Waals surface area contributed by atoms with E-state index >= 15 is 0 Å². The normalized spacial score (nSPS) is 30.7. The second kappa shape index (κ2) is 14.1. The van der Waals surface area contributed by atoms with Crippen molar-refractivity contribution in [2.45, 2.75) is 73.2 Å². The van der Waals surface area contributed by atoms with Crippen LogP contribution in [-0.2, 0) is 35.6 Å². The largest absolute Gasteiger partial charge is 0.573 e. The van der Waals surface area contributed by atoms with Crippen LogP contribution in [0.3, 0.4) is 0 Å². The minimum atomic E-state index is -4.85. The summed E-state index contributed by atoms with van der Waals surface area (Å²) in [6.07, 6.45) is -11.4. The molecular formula is C31H36F4N4O9S. The first-order valence-corrected chi connectivity index (χ1v) is 17.2. The first-order chi connectivity index (χ1) is 23.2.